The number of hydrogen-bond donors (Lipinski definition) is 1. The minimum absolute atomic E-state index is 0.00574. The maximum Gasteiger partial charge on any atom is 0.317 e. The lowest BCUT2D eigenvalue weighted by Gasteiger charge is -2.24. The van der Waals surface area contributed by atoms with E-state index in [1.165, 1.54) is 5.56 Å². The zero-order valence-electron chi connectivity index (χ0n) is 13.0. The number of carboxylic acids is 1. The zero-order chi connectivity index (χ0) is 15.7. The molecule has 1 aliphatic heterocycles. The molecule has 0 radical (unpaired) electrons. The summed E-state index contributed by atoms with van der Waals surface area (Å²) in [5.74, 6) is -0.916. The topological polar surface area (TPSA) is 60.9 Å². The van der Waals surface area contributed by atoms with Crippen LogP contribution in [0, 0.1) is 20.8 Å². The van der Waals surface area contributed by atoms with Gasteiger partial charge in [0.2, 0.25) is 5.91 Å². The molecule has 2 rings (SSSR count). The molecule has 1 aromatic rings. The van der Waals surface area contributed by atoms with Crippen molar-refractivity contribution in [1.29, 1.82) is 0 Å². The Balaban J connectivity index is 2.25. The molecule has 0 spiro atoms. The first-order chi connectivity index (χ1) is 9.81. The minimum Gasteiger partial charge on any atom is -0.480 e. The van der Waals surface area contributed by atoms with Gasteiger partial charge in [0.15, 0.2) is 0 Å². The second kappa shape index (κ2) is 5.85. The Labute approximate surface area is 125 Å². The standard InChI is InChI=1S/C16H22N2O3/c1-10-7-11(2)15(12(3)8-10)18-6-5-13(16(18)21)17(4)9-14(19)20/h7-8,13H,5-6,9H2,1-4H3,(H,19,20). The molecule has 0 aliphatic carbocycles. The van der Waals surface area contributed by atoms with E-state index in [2.05, 4.69) is 12.1 Å². The van der Waals surface area contributed by atoms with Crippen LogP contribution in [0.5, 0.6) is 0 Å². The van der Waals surface area contributed by atoms with Crippen LogP contribution < -0.4 is 4.90 Å². The highest BCUT2D eigenvalue weighted by molar-refractivity contribution is 6.00. The molecular weight excluding hydrogens is 268 g/mol. The van der Waals surface area contributed by atoms with Gasteiger partial charge in [-0.2, -0.15) is 0 Å². The van der Waals surface area contributed by atoms with Crippen molar-refractivity contribution in [3.63, 3.8) is 0 Å². The number of anilines is 1. The van der Waals surface area contributed by atoms with Crippen LogP contribution in [0.25, 0.3) is 0 Å². The number of benzene rings is 1. The molecule has 5 heteroatoms. The van der Waals surface area contributed by atoms with Crippen molar-refractivity contribution in [2.24, 2.45) is 0 Å². The monoisotopic (exact) mass is 290 g/mol. The van der Waals surface area contributed by atoms with E-state index in [0.717, 1.165) is 16.8 Å². The summed E-state index contributed by atoms with van der Waals surface area (Å²) < 4.78 is 0. The lowest BCUT2D eigenvalue weighted by Crippen LogP contribution is -2.42. The molecule has 1 fully saturated rings. The first-order valence-electron chi connectivity index (χ1n) is 7.12. The van der Waals surface area contributed by atoms with Gasteiger partial charge in [0.1, 0.15) is 0 Å². The lowest BCUT2D eigenvalue weighted by atomic mass is 10.0. The SMILES string of the molecule is Cc1cc(C)c(N2CCC(N(C)CC(=O)O)C2=O)c(C)c1. The minimum atomic E-state index is -0.911. The number of likely N-dealkylation sites (N-methyl/N-ethyl adjacent to an activating group) is 1. The molecule has 114 valence electrons. The number of rotatable bonds is 4. The van der Waals surface area contributed by atoms with Gasteiger partial charge in [-0.25, -0.2) is 0 Å². The van der Waals surface area contributed by atoms with E-state index in [4.69, 9.17) is 5.11 Å². The molecule has 1 unspecified atom stereocenters. The predicted molar refractivity (Wildman–Crippen MR) is 81.7 cm³/mol. The van der Waals surface area contributed by atoms with Crippen LogP contribution in [0.3, 0.4) is 0 Å². The fourth-order valence-corrected chi connectivity index (χ4v) is 3.22. The summed E-state index contributed by atoms with van der Waals surface area (Å²) in [5, 5.41) is 8.87. The first kappa shape index (κ1) is 15.5. The Morgan fingerprint density at radius 3 is 2.43 bits per heavy atom. The smallest absolute Gasteiger partial charge is 0.317 e. The largest absolute Gasteiger partial charge is 0.480 e. The molecule has 1 atom stereocenters. The molecular formula is C16H22N2O3. The van der Waals surface area contributed by atoms with Crippen molar-refractivity contribution < 1.29 is 14.7 Å². The van der Waals surface area contributed by atoms with Crippen molar-refractivity contribution in [3.05, 3.63) is 28.8 Å². The van der Waals surface area contributed by atoms with Gasteiger partial charge in [-0.15, -0.1) is 0 Å². The molecule has 1 N–H and O–H groups in total. The number of aliphatic carboxylic acids is 1. The van der Waals surface area contributed by atoms with Crippen LogP contribution in [0.1, 0.15) is 23.1 Å². The number of hydrogen-bond acceptors (Lipinski definition) is 3. The highest BCUT2D eigenvalue weighted by Gasteiger charge is 2.36. The molecule has 1 aromatic carbocycles. The molecule has 0 saturated carbocycles. The van der Waals surface area contributed by atoms with Gasteiger partial charge in [-0.05, 0) is 45.4 Å². The highest BCUT2D eigenvalue weighted by atomic mass is 16.4. The molecule has 1 saturated heterocycles. The number of carboxylic acid groups (broad SMARTS) is 1. The van der Waals surface area contributed by atoms with Gasteiger partial charge >= 0.3 is 5.97 Å². The van der Waals surface area contributed by atoms with Crippen molar-refractivity contribution >= 4 is 17.6 Å². The molecule has 0 bridgehead atoms. The molecule has 0 aromatic heterocycles. The fourth-order valence-electron chi connectivity index (χ4n) is 3.22. The Morgan fingerprint density at radius 2 is 1.90 bits per heavy atom. The number of nitrogens with zero attached hydrogens (tertiary/aromatic N) is 2. The molecule has 21 heavy (non-hydrogen) atoms. The molecule has 1 heterocycles. The van der Waals surface area contributed by atoms with E-state index in [-0.39, 0.29) is 18.5 Å². The van der Waals surface area contributed by atoms with E-state index in [9.17, 15) is 9.59 Å². The Kier molecular flexibility index (Phi) is 4.32. The maximum atomic E-state index is 12.6. The van der Waals surface area contributed by atoms with E-state index in [1.54, 1.807) is 16.8 Å². The van der Waals surface area contributed by atoms with Crippen molar-refractivity contribution in [3.8, 4) is 0 Å². The van der Waals surface area contributed by atoms with Crippen LogP contribution in [-0.4, -0.2) is 48.1 Å². The normalized spacial score (nSPS) is 18.6. The average Bonchev–Trinajstić information content (AvgIpc) is 2.69. The highest BCUT2D eigenvalue weighted by Crippen LogP contribution is 2.31. The molecule has 5 nitrogen and oxygen atoms in total. The Bertz CT molecular complexity index is 560. The van der Waals surface area contributed by atoms with Crippen LogP contribution in [0.4, 0.5) is 5.69 Å². The molecule has 1 aliphatic rings. The third-order valence-corrected chi connectivity index (χ3v) is 4.00. The summed E-state index contributed by atoms with van der Waals surface area (Å²) in [7, 11) is 1.69. The van der Waals surface area contributed by atoms with Gasteiger partial charge in [0, 0.05) is 12.2 Å². The second-order valence-corrected chi connectivity index (χ2v) is 5.85. The fraction of sp³-hybridized carbons (Fsp3) is 0.500. The van der Waals surface area contributed by atoms with E-state index < -0.39 is 5.97 Å². The van der Waals surface area contributed by atoms with E-state index in [0.29, 0.717) is 13.0 Å². The van der Waals surface area contributed by atoms with Gasteiger partial charge in [0.25, 0.3) is 0 Å². The summed E-state index contributed by atoms with van der Waals surface area (Å²) in [6.45, 7) is 6.58. The van der Waals surface area contributed by atoms with Gasteiger partial charge in [0.05, 0.1) is 12.6 Å². The number of carbonyl (C=O) groups excluding carboxylic acids is 1. The van der Waals surface area contributed by atoms with Crippen molar-refractivity contribution in [2.45, 2.75) is 33.2 Å². The van der Waals surface area contributed by atoms with Crippen LogP contribution in [-0.2, 0) is 9.59 Å². The maximum absolute atomic E-state index is 12.6. The van der Waals surface area contributed by atoms with Crippen molar-refractivity contribution in [2.75, 3.05) is 25.0 Å². The summed E-state index contributed by atoms with van der Waals surface area (Å²) in [6, 6.07) is 3.80. The Morgan fingerprint density at radius 1 is 1.33 bits per heavy atom. The van der Waals surface area contributed by atoms with Crippen LogP contribution in [0.15, 0.2) is 12.1 Å². The lowest BCUT2D eigenvalue weighted by molar-refractivity contribution is -0.138. The second-order valence-electron chi connectivity index (χ2n) is 5.85. The van der Waals surface area contributed by atoms with Crippen LogP contribution >= 0.6 is 0 Å². The Hall–Kier alpha value is -1.88. The third-order valence-electron chi connectivity index (χ3n) is 4.00. The average molecular weight is 290 g/mol. The quantitative estimate of drug-likeness (QED) is 0.917. The molecule has 1 amide bonds. The van der Waals surface area contributed by atoms with E-state index in [1.807, 2.05) is 20.8 Å². The summed E-state index contributed by atoms with van der Waals surface area (Å²) in [6.07, 6.45) is 0.662. The van der Waals surface area contributed by atoms with Gasteiger partial charge in [-0.1, -0.05) is 17.7 Å². The summed E-state index contributed by atoms with van der Waals surface area (Å²) in [5.41, 5.74) is 4.32. The zero-order valence-corrected chi connectivity index (χ0v) is 13.0. The van der Waals surface area contributed by atoms with Crippen molar-refractivity contribution in [1.82, 2.24) is 4.90 Å². The summed E-state index contributed by atoms with van der Waals surface area (Å²) in [4.78, 5) is 26.8. The van der Waals surface area contributed by atoms with Gasteiger partial charge < -0.3 is 10.0 Å². The number of amides is 1. The number of carbonyl (C=O) groups is 2. The van der Waals surface area contributed by atoms with E-state index >= 15 is 0 Å². The van der Waals surface area contributed by atoms with Crippen LogP contribution in [0.2, 0.25) is 0 Å². The summed E-state index contributed by atoms with van der Waals surface area (Å²) >= 11 is 0. The first-order valence-corrected chi connectivity index (χ1v) is 7.12. The van der Waals surface area contributed by atoms with Gasteiger partial charge in [-0.3, -0.25) is 14.5 Å². The number of aryl methyl sites for hydroxylation is 3. The third kappa shape index (κ3) is 3.08. The predicted octanol–water partition coefficient (Wildman–Crippen LogP) is 1.73.